The highest BCUT2D eigenvalue weighted by molar-refractivity contribution is 6.19. The molecule has 1 N–H and O–H groups in total. The van der Waals surface area contributed by atoms with Gasteiger partial charge >= 0.3 is 6.03 Å². The number of benzene rings is 3. The second kappa shape index (κ2) is 8.71. The molecular formula is C26H20N4O4. The van der Waals surface area contributed by atoms with Gasteiger partial charge in [0.2, 0.25) is 0 Å². The molecule has 0 unspecified atom stereocenters. The molecule has 2 heterocycles. The van der Waals surface area contributed by atoms with E-state index in [1.54, 1.807) is 48.5 Å². The van der Waals surface area contributed by atoms with Crippen LogP contribution in [-0.4, -0.2) is 41.4 Å². The molecule has 0 saturated carbocycles. The van der Waals surface area contributed by atoms with E-state index in [9.17, 15) is 14.4 Å². The van der Waals surface area contributed by atoms with Crippen molar-refractivity contribution in [2.24, 2.45) is 0 Å². The van der Waals surface area contributed by atoms with E-state index in [4.69, 9.17) is 10.00 Å². The molecular weight excluding hydrogens is 432 g/mol. The number of amides is 4. The van der Waals surface area contributed by atoms with Crippen molar-refractivity contribution in [3.63, 3.8) is 0 Å². The second-order valence-electron chi connectivity index (χ2n) is 8.06. The van der Waals surface area contributed by atoms with Gasteiger partial charge in [0.25, 0.3) is 11.8 Å². The van der Waals surface area contributed by atoms with Crippen LogP contribution in [0.2, 0.25) is 0 Å². The van der Waals surface area contributed by atoms with Crippen molar-refractivity contribution in [1.29, 1.82) is 5.26 Å². The largest absolute Gasteiger partial charge is 0.457 e. The summed E-state index contributed by atoms with van der Waals surface area (Å²) in [7, 11) is 0. The van der Waals surface area contributed by atoms with Crippen molar-refractivity contribution in [3.05, 3.63) is 90.0 Å². The summed E-state index contributed by atoms with van der Waals surface area (Å²) in [6.45, 7) is 0.345. The van der Waals surface area contributed by atoms with Crippen molar-refractivity contribution in [3.8, 4) is 17.6 Å². The van der Waals surface area contributed by atoms with Crippen LogP contribution < -0.4 is 15.0 Å². The number of nitriles is 1. The van der Waals surface area contributed by atoms with Gasteiger partial charge in [0.15, 0.2) is 0 Å². The van der Waals surface area contributed by atoms with Crippen LogP contribution in [0.1, 0.15) is 22.3 Å². The predicted molar refractivity (Wildman–Crippen MR) is 123 cm³/mol. The van der Waals surface area contributed by atoms with Crippen LogP contribution in [0.5, 0.6) is 11.5 Å². The van der Waals surface area contributed by atoms with Crippen molar-refractivity contribution in [2.75, 3.05) is 11.4 Å². The third kappa shape index (κ3) is 3.84. The molecule has 4 amide bonds. The average Bonchev–Trinajstić information content (AvgIpc) is 3.29. The topological polar surface area (TPSA) is 103 Å². The summed E-state index contributed by atoms with van der Waals surface area (Å²) in [6.07, 6.45) is 0.488. The maximum absolute atomic E-state index is 13.4. The van der Waals surface area contributed by atoms with Gasteiger partial charge in [-0.25, -0.2) is 9.69 Å². The molecule has 0 radical (unpaired) electrons. The van der Waals surface area contributed by atoms with Crippen LogP contribution in [0.3, 0.4) is 0 Å². The third-order valence-corrected chi connectivity index (χ3v) is 5.98. The molecule has 2 saturated heterocycles. The number of carbonyl (C=O) groups is 3. The fraction of sp³-hybridized carbons (Fsp3) is 0.154. The van der Waals surface area contributed by atoms with Crippen LogP contribution in [0.4, 0.5) is 10.5 Å². The van der Waals surface area contributed by atoms with E-state index in [1.807, 2.05) is 36.4 Å². The van der Waals surface area contributed by atoms with E-state index < -0.39 is 24.0 Å². The zero-order valence-electron chi connectivity index (χ0n) is 18.0. The summed E-state index contributed by atoms with van der Waals surface area (Å²) in [5.74, 6) is 0.474. The third-order valence-electron chi connectivity index (χ3n) is 5.98. The highest BCUT2D eigenvalue weighted by Gasteiger charge is 2.50. The zero-order chi connectivity index (χ0) is 23.7. The number of carbonyl (C=O) groups excluding carboxylic acids is 3. The van der Waals surface area contributed by atoms with Gasteiger partial charge in [-0.15, -0.1) is 0 Å². The van der Waals surface area contributed by atoms with Gasteiger partial charge < -0.3 is 15.0 Å². The number of fused-ring (bicyclic) bond motifs is 1. The average molecular weight is 452 g/mol. The number of ether oxygens (including phenoxy) is 1. The summed E-state index contributed by atoms with van der Waals surface area (Å²) in [5, 5.41) is 11.8. The first-order valence-corrected chi connectivity index (χ1v) is 10.8. The number of hydrogen-bond acceptors (Lipinski definition) is 5. The molecule has 2 aliphatic rings. The molecule has 168 valence electrons. The summed E-state index contributed by atoms with van der Waals surface area (Å²) < 4.78 is 5.78. The molecule has 3 aromatic carbocycles. The summed E-state index contributed by atoms with van der Waals surface area (Å²) in [6, 6.07) is 22.4. The molecule has 0 spiro atoms. The first-order valence-electron chi connectivity index (χ1n) is 10.8. The molecule has 2 aliphatic heterocycles. The molecule has 3 aromatic rings. The van der Waals surface area contributed by atoms with Gasteiger partial charge in [-0.2, -0.15) is 5.26 Å². The Morgan fingerprint density at radius 3 is 2.29 bits per heavy atom. The minimum atomic E-state index is -0.805. The van der Waals surface area contributed by atoms with Crippen LogP contribution in [0, 0.1) is 11.3 Å². The molecule has 8 heteroatoms. The van der Waals surface area contributed by atoms with E-state index in [0.29, 0.717) is 41.3 Å². The van der Waals surface area contributed by atoms with Gasteiger partial charge in [-0.05, 0) is 67.1 Å². The number of para-hydroxylation sites is 1. The number of anilines is 1. The monoisotopic (exact) mass is 452 g/mol. The van der Waals surface area contributed by atoms with Crippen molar-refractivity contribution >= 4 is 23.5 Å². The van der Waals surface area contributed by atoms with Crippen molar-refractivity contribution in [2.45, 2.75) is 18.5 Å². The molecule has 2 atom stereocenters. The minimum Gasteiger partial charge on any atom is -0.457 e. The Kier molecular flexibility index (Phi) is 5.44. The Labute approximate surface area is 196 Å². The zero-order valence-corrected chi connectivity index (χ0v) is 18.0. The molecule has 0 aliphatic carbocycles. The van der Waals surface area contributed by atoms with E-state index in [2.05, 4.69) is 5.32 Å². The minimum absolute atomic E-state index is 0.312. The summed E-state index contributed by atoms with van der Waals surface area (Å²) in [4.78, 5) is 41.9. The fourth-order valence-electron chi connectivity index (χ4n) is 4.32. The molecule has 2 fully saturated rings. The number of urea groups is 1. The van der Waals surface area contributed by atoms with Crippen LogP contribution >= 0.6 is 0 Å². The van der Waals surface area contributed by atoms with E-state index in [0.717, 1.165) is 4.90 Å². The molecule has 0 aromatic heterocycles. The SMILES string of the molecule is N#Cc1ccc(C(=O)N2CC[C@H]3NC(=O)N(c4ccc(Oc5ccccc5)cc4)C(=O)[C@H]32)cc1. The predicted octanol–water partition coefficient (Wildman–Crippen LogP) is 3.69. The van der Waals surface area contributed by atoms with Gasteiger partial charge in [0.05, 0.1) is 23.4 Å². The van der Waals surface area contributed by atoms with Gasteiger partial charge in [0, 0.05) is 12.1 Å². The fourth-order valence-corrected chi connectivity index (χ4v) is 4.32. The van der Waals surface area contributed by atoms with Crippen LogP contribution in [-0.2, 0) is 4.79 Å². The summed E-state index contributed by atoms with van der Waals surface area (Å²) in [5.41, 5.74) is 1.22. The highest BCUT2D eigenvalue weighted by atomic mass is 16.5. The lowest BCUT2D eigenvalue weighted by Gasteiger charge is -2.36. The van der Waals surface area contributed by atoms with Gasteiger partial charge in [-0.3, -0.25) is 9.59 Å². The quantitative estimate of drug-likeness (QED) is 0.650. The maximum Gasteiger partial charge on any atom is 0.329 e. The Morgan fingerprint density at radius 1 is 0.941 bits per heavy atom. The smallest absolute Gasteiger partial charge is 0.329 e. The van der Waals surface area contributed by atoms with Gasteiger partial charge in [-0.1, -0.05) is 18.2 Å². The first kappa shape index (κ1) is 21.2. The molecule has 8 nitrogen and oxygen atoms in total. The number of nitrogens with one attached hydrogen (secondary N) is 1. The second-order valence-corrected chi connectivity index (χ2v) is 8.06. The van der Waals surface area contributed by atoms with Crippen molar-refractivity contribution in [1.82, 2.24) is 10.2 Å². The summed E-state index contributed by atoms with van der Waals surface area (Å²) >= 11 is 0. The number of likely N-dealkylation sites (tertiary alicyclic amines) is 1. The lowest BCUT2D eigenvalue weighted by Crippen LogP contribution is -2.65. The van der Waals surface area contributed by atoms with Crippen LogP contribution in [0.15, 0.2) is 78.9 Å². The molecule has 0 bridgehead atoms. The van der Waals surface area contributed by atoms with Crippen LogP contribution in [0.25, 0.3) is 0 Å². The Bertz CT molecular complexity index is 1280. The Hall–Kier alpha value is -4.64. The van der Waals surface area contributed by atoms with E-state index in [-0.39, 0.29) is 5.91 Å². The highest BCUT2D eigenvalue weighted by Crippen LogP contribution is 2.30. The number of imide groups is 1. The Morgan fingerprint density at radius 2 is 1.62 bits per heavy atom. The number of hydrogen-bond donors (Lipinski definition) is 1. The standard InChI is InChI=1S/C26H20N4O4/c27-16-17-6-8-18(9-7-17)24(31)29-15-14-22-23(29)25(32)30(26(33)28-22)19-10-12-21(13-11-19)34-20-4-2-1-3-5-20/h1-13,22-23H,14-15H2,(H,28,33)/t22-,23+/m1/s1. The number of rotatable bonds is 4. The Balaban J connectivity index is 1.36. The van der Waals surface area contributed by atoms with E-state index >= 15 is 0 Å². The molecule has 5 rings (SSSR count). The van der Waals surface area contributed by atoms with E-state index in [1.165, 1.54) is 4.90 Å². The number of nitrogens with zero attached hydrogens (tertiary/aromatic N) is 3. The normalized spacial score (nSPS) is 19.3. The van der Waals surface area contributed by atoms with Crippen molar-refractivity contribution < 1.29 is 19.1 Å². The maximum atomic E-state index is 13.4. The lowest BCUT2D eigenvalue weighted by atomic mass is 10.0. The lowest BCUT2D eigenvalue weighted by molar-refractivity contribution is -0.122. The first-order chi connectivity index (χ1) is 16.5. The molecule has 34 heavy (non-hydrogen) atoms. The van der Waals surface area contributed by atoms with Gasteiger partial charge in [0.1, 0.15) is 17.5 Å².